The minimum atomic E-state index is -0.789. The van der Waals surface area contributed by atoms with Gasteiger partial charge in [0.05, 0.1) is 11.5 Å². The molecule has 0 saturated carbocycles. The van der Waals surface area contributed by atoms with Crippen molar-refractivity contribution in [2.24, 2.45) is 0 Å². The van der Waals surface area contributed by atoms with E-state index in [2.05, 4.69) is 5.32 Å². The molecule has 0 saturated heterocycles. The van der Waals surface area contributed by atoms with Crippen LogP contribution in [0.2, 0.25) is 0 Å². The van der Waals surface area contributed by atoms with Crippen molar-refractivity contribution in [1.82, 2.24) is 5.32 Å². The Bertz CT molecular complexity index is 854. The van der Waals surface area contributed by atoms with Crippen LogP contribution >= 0.6 is 11.3 Å². The smallest absolute Gasteiger partial charge is 0.287 e. The van der Waals surface area contributed by atoms with E-state index in [0.717, 1.165) is 11.6 Å². The van der Waals surface area contributed by atoms with Gasteiger partial charge >= 0.3 is 0 Å². The van der Waals surface area contributed by atoms with E-state index in [4.69, 9.17) is 4.42 Å². The van der Waals surface area contributed by atoms with Gasteiger partial charge in [-0.1, -0.05) is 12.1 Å². The van der Waals surface area contributed by atoms with Crippen molar-refractivity contribution in [2.75, 3.05) is 6.54 Å². The number of thiophene rings is 1. The van der Waals surface area contributed by atoms with Crippen LogP contribution in [0.4, 0.5) is 0 Å². The Balaban J connectivity index is 1.76. The highest BCUT2D eigenvalue weighted by atomic mass is 32.1. The normalized spacial score (nSPS) is 12.2. The maximum atomic E-state index is 12.1. The quantitative estimate of drug-likeness (QED) is 0.774. The van der Waals surface area contributed by atoms with Crippen molar-refractivity contribution >= 4 is 28.2 Å². The number of hydrogen-bond acceptors (Lipinski definition) is 5. The zero-order chi connectivity index (χ0) is 15.5. The Morgan fingerprint density at radius 3 is 2.91 bits per heavy atom. The molecule has 22 heavy (non-hydrogen) atoms. The number of hydrogen-bond donors (Lipinski definition) is 2. The summed E-state index contributed by atoms with van der Waals surface area (Å²) in [5, 5.41) is 16.6. The molecule has 0 aliphatic carbocycles. The van der Waals surface area contributed by atoms with E-state index in [9.17, 15) is 14.7 Å². The summed E-state index contributed by atoms with van der Waals surface area (Å²) in [7, 11) is 0. The lowest BCUT2D eigenvalue weighted by Crippen LogP contribution is -2.28. The number of carbonyl (C=O) groups excluding carboxylic acids is 1. The topological polar surface area (TPSA) is 79.5 Å². The fourth-order valence-corrected chi connectivity index (χ4v) is 2.78. The maximum absolute atomic E-state index is 12.1. The summed E-state index contributed by atoms with van der Waals surface area (Å²) < 4.78 is 5.44. The molecule has 6 heteroatoms. The maximum Gasteiger partial charge on any atom is 0.287 e. The summed E-state index contributed by atoms with van der Waals surface area (Å²) in [6.45, 7) is 0.0477. The Kier molecular flexibility index (Phi) is 4.04. The Labute approximate surface area is 129 Å². The van der Waals surface area contributed by atoms with E-state index >= 15 is 0 Å². The third-order valence-electron chi connectivity index (χ3n) is 3.24. The molecule has 2 aromatic heterocycles. The van der Waals surface area contributed by atoms with Crippen LogP contribution in [0.3, 0.4) is 0 Å². The summed E-state index contributed by atoms with van der Waals surface area (Å²) in [5.41, 5.74) is 0.828. The molecule has 0 aliphatic heterocycles. The zero-order valence-electron chi connectivity index (χ0n) is 11.5. The van der Waals surface area contributed by atoms with Gasteiger partial charge in [0, 0.05) is 12.6 Å². The van der Waals surface area contributed by atoms with Crippen LogP contribution in [0.1, 0.15) is 22.2 Å². The van der Waals surface area contributed by atoms with Gasteiger partial charge in [-0.15, -0.1) is 0 Å². The first-order valence-electron chi connectivity index (χ1n) is 6.66. The Morgan fingerprint density at radius 2 is 2.14 bits per heavy atom. The number of nitrogens with one attached hydrogen (secondary N) is 1. The van der Waals surface area contributed by atoms with Crippen LogP contribution in [-0.2, 0) is 0 Å². The number of fused-ring (bicyclic) bond motifs is 1. The first-order chi connectivity index (χ1) is 10.6. The fraction of sp³-hybridized carbons (Fsp3) is 0.125. The zero-order valence-corrected chi connectivity index (χ0v) is 12.3. The molecule has 3 rings (SSSR count). The molecule has 0 spiro atoms. The molecule has 0 radical (unpaired) electrons. The van der Waals surface area contributed by atoms with Gasteiger partial charge in [-0.3, -0.25) is 9.59 Å². The average molecular weight is 315 g/mol. The Hall–Kier alpha value is -2.44. The van der Waals surface area contributed by atoms with Gasteiger partial charge < -0.3 is 14.8 Å². The first-order valence-corrected chi connectivity index (χ1v) is 7.60. The SMILES string of the molecule is O=C(NC[C@H](O)c1ccsc1)c1cc(=O)c2ccccc2o1. The van der Waals surface area contributed by atoms with E-state index in [1.807, 2.05) is 10.8 Å². The summed E-state index contributed by atoms with van der Waals surface area (Å²) >= 11 is 1.47. The molecule has 0 unspecified atom stereocenters. The lowest BCUT2D eigenvalue weighted by Gasteiger charge is -2.10. The van der Waals surface area contributed by atoms with Gasteiger partial charge in [-0.05, 0) is 34.5 Å². The lowest BCUT2D eigenvalue weighted by atomic mass is 10.2. The number of aliphatic hydroxyl groups is 1. The van der Waals surface area contributed by atoms with Gasteiger partial charge in [-0.2, -0.15) is 11.3 Å². The number of para-hydroxylation sites is 1. The molecule has 5 nitrogen and oxygen atoms in total. The first kappa shape index (κ1) is 14.5. The number of aliphatic hydroxyl groups excluding tert-OH is 1. The average Bonchev–Trinajstić information content (AvgIpc) is 3.06. The minimum absolute atomic E-state index is 0.0477. The largest absolute Gasteiger partial charge is 0.451 e. The van der Waals surface area contributed by atoms with Gasteiger partial charge in [0.15, 0.2) is 11.2 Å². The van der Waals surface area contributed by atoms with E-state index in [-0.39, 0.29) is 17.7 Å². The van der Waals surface area contributed by atoms with E-state index < -0.39 is 12.0 Å². The van der Waals surface area contributed by atoms with Crippen LogP contribution < -0.4 is 10.7 Å². The van der Waals surface area contributed by atoms with Gasteiger partial charge in [-0.25, -0.2) is 0 Å². The van der Waals surface area contributed by atoms with Crippen molar-refractivity contribution in [1.29, 1.82) is 0 Å². The minimum Gasteiger partial charge on any atom is -0.451 e. The number of carbonyl (C=O) groups is 1. The van der Waals surface area contributed by atoms with Crippen molar-refractivity contribution in [2.45, 2.75) is 6.10 Å². The van der Waals surface area contributed by atoms with E-state index in [0.29, 0.717) is 11.0 Å². The standard InChI is InChI=1S/C16H13NO4S/c18-12-7-15(21-14-4-2-1-3-11(12)14)16(20)17-8-13(19)10-5-6-22-9-10/h1-7,9,13,19H,8H2,(H,17,20)/t13-/m0/s1. The lowest BCUT2D eigenvalue weighted by molar-refractivity contribution is 0.0890. The predicted octanol–water partition coefficient (Wildman–Crippen LogP) is 2.32. The fourth-order valence-electron chi connectivity index (χ4n) is 2.07. The summed E-state index contributed by atoms with van der Waals surface area (Å²) in [4.78, 5) is 24.0. The monoisotopic (exact) mass is 315 g/mol. The third kappa shape index (κ3) is 2.93. The molecule has 112 valence electrons. The van der Waals surface area contributed by atoms with Crippen LogP contribution in [0, 0.1) is 0 Å². The second-order valence-corrected chi connectivity index (χ2v) is 5.53. The molecule has 1 aromatic carbocycles. The van der Waals surface area contributed by atoms with E-state index in [1.165, 1.54) is 11.3 Å². The van der Waals surface area contributed by atoms with Crippen molar-refractivity contribution in [3.8, 4) is 0 Å². The molecular formula is C16H13NO4S. The van der Waals surface area contributed by atoms with Gasteiger partial charge in [0.1, 0.15) is 5.58 Å². The second kappa shape index (κ2) is 6.13. The van der Waals surface area contributed by atoms with Crippen LogP contribution in [0.25, 0.3) is 11.0 Å². The second-order valence-electron chi connectivity index (χ2n) is 4.75. The molecule has 2 N–H and O–H groups in total. The van der Waals surface area contributed by atoms with Crippen molar-refractivity contribution < 1.29 is 14.3 Å². The molecule has 0 fully saturated rings. The van der Waals surface area contributed by atoms with Crippen LogP contribution in [0.5, 0.6) is 0 Å². The highest BCUT2D eigenvalue weighted by molar-refractivity contribution is 7.07. The van der Waals surface area contributed by atoms with Gasteiger partial charge in [0.25, 0.3) is 5.91 Å². The molecule has 0 bridgehead atoms. The van der Waals surface area contributed by atoms with Gasteiger partial charge in [0.2, 0.25) is 0 Å². The molecular weight excluding hydrogens is 302 g/mol. The van der Waals surface area contributed by atoms with Crippen molar-refractivity contribution in [3.05, 3.63) is 68.7 Å². The number of amides is 1. The third-order valence-corrected chi connectivity index (χ3v) is 3.94. The summed E-state index contributed by atoms with van der Waals surface area (Å²) in [6.07, 6.45) is -0.789. The highest BCUT2D eigenvalue weighted by Crippen LogP contribution is 2.16. The summed E-state index contributed by atoms with van der Waals surface area (Å²) in [5.74, 6) is -0.599. The van der Waals surface area contributed by atoms with Crippen LogP contribution in [0.15, 0.2) is 56.4 Å². The molecule has 1 amide bonds. The molecule has 1 atom stereocenters. The van der Waals surface area contributed by atoms with Crippen molar-refractivity contribution in [3.63, 3.8) is 0 Å². The molecule has 2 heterocycles. The molecule has 3 aromatic rings. The molecule has 0 aliphatic rings. The Morgan fingerprint density at radius 1 is 1.32 bits per heavy atom. The predicted molar refractivity (Wildman–Crippen MR) is 84.1 cm³/mol. The number of benzene rings is 1. The summed E-state index contributed by atoms with van der Waals surface area (Å²) in [6, 6.07) is 9.69. The highest BCUT2D eigenvalue weighted by Gasteiger charge is 2.14. The van der Waals surface area contributed by atoms with E-state index in [1.54, 1.807) is 30.3 Å². The van der Waals surface area contributed by atoms with Crippen LogP contribution in [-0.4, -0.2) is 17.6 Å². The number of rotatable bonds is 4.